The zero-order chi connectivity index (χ0) is 18.1. The number of para-hydroxylation sites is 1. The number of carbonyl (C=O) groups is 1. The van der Waals surface area contributed by atoms with Gasteiger partial charge in [-0.3, -0.25) is 4.79 Å². The lowest BCUT2D eigenvalue weighted by molar-refractivity contribution is -0.106. The summed E-state index contributed by atoms with van der Waals surface area (Å²) < 4.78 is 2.19. The highest BCUT2D eigenvalue weighted by atomic mass is 16.1. The van der Waals surface area contributed by atoms with Gasteiger partial charge in [-0.2, -0.15) is 5.10 Å². The summed E-state index contributed by atoms with van der Waals surface area (Å²) in [5.74, 6) is 0. The Labute approximate surface area is 154 Å². The minimum Gasteiger partial charge on any atom is -0.367 e. The summed E-state index contributed by atoms with van der Waals surface area (Å²) in [7, 11) is 0. The van der Waals surface area contributed by atoms with Gasteiger partial charge in [0, 0.05) is 38.0 Å². The van der Waals surface area contributed by atoms with Crippen molar-refractivity contribution in [3.8, 4) is 5.69 Å². The van der Waals surface area contributed by atoms with Crippen molar-refractivity contribution in [3.05, 3.63) is 59.1 Å². The Bertz CT molecular complexity index is 839. The maximum atomic E-state index is 11.2. The second-order valence-corrected chi connectivity index (χ2v) is 7.16. The van der Waals surface area contributed by atoms with E-state index < -0.39 is 0 Å². The van der Waals surface area contributed by atoms with Crippen LogP contribution >= 0.6 is 0 Å². The molecular weight excluding hydrogens is 324 g/mol. The number of benzene rings is 1. The van der Waals surface area contributed by atoms with Gasteiger partial charge in [0.2, 0.25) is 0 Å². The monoisotopic (exact) mass is 350 g/mol. The predicted molar refractivity (Wildman–Crippen MR) is 102 cm³/mol. The van der Waals surface area contributed by atoms with E-state index in [2.05, 4.69) is 52.7 Å². The van der Waals surface area contributed by atoms with Crippen LogP contribution in [0.4, 0.5) is 0 Å². The van der Waals surface area contributed by atoms with E-state index in [4.69, 9.17) is 5.10 Å². The number of nitrogens with one attached hydrogen (secondary N) is 1. The van der Waals surface area contributed by atoms with Gasteiger partial charge in [0.05, 0.1) is 28.8 Å². The van der Waals surface area contributed by atoms with Crippen molar-refractivity contribution in [1.82, 2.24) is 20.0 Å². The Morgan fingerprint density at radius 1 is 1.38 bits per heavy atom. The second kappa shape index (κ2) is 7.08. The number of hydrogen-bond acceptors (Lipinski definition) is 4. The zero-order valence-electron chi connectivity index (χ0n) is 15.4. The van der Waals surface area contributed by atoms with E-state index in [9.17, 15) is 4.79 Å². The molecule has 5 nitrogen and oxygen atoms in total. The van der Waals surface area contributed by atoms with Crippen LogP contribution in [0.1, 0.15) is 41.9 Å². The third kappa shape index (κ3) is 2.86. The quantitative estimate of drug-likeness (QED) is 0.665. The van der Waals surface area contributed by atoms with Gasteiger partial charge in [-0.05, 0) is 18.1 Å². The molecule has 136 valence electrons. The summed E-state index contributed by atoms with van der Waals surface area (Å²) in [4.78, 5) is 13.2. The average Bonchev–Trinajstić information content (AvgIpc) is 2.93. The van der Waals surface area contributed by atoms with E-state index in [1.165, 1.54) is 22.5 Å². The van der Waals surface area contributed by atoms with Crippen LogP contribution in [-0.4, -0.2) is 40.6 Å². The van der Waals surface area contributed by atoms with E-state index in [1.54, 1.807) is 0 Å². The van der Waals surface area contributed by atoms with Gasteiger partial charge >= 0.3 is 0 Å². The molecule has 0 saturated carbocycles. The molecule has 2 aliphatic rings. The third-order valence-corrected chi connectivity index (χ3v) is 5.50. The van der Waals surface area contributed by atoms with E-state index in [0.717, 1.165) is 57.3 Å². The second-order valence-electron chi connectivity index (χ2n) is 7.16. The molecule has 4 rings (SSSR count). The summed E-state index contributed by atoms with van der Waals surface area (Å²) in [5.41, 5.74) is 6.95. The van der Waals surface area contributed by atoms with Crippen LogP contribution in [0.25, 0.3) is 5.69 Å². The first-order chi connectivity index (χ1) is 12.7. The highest BCUT2D eigenvalue weighted by molar-refractivity contribution is 5.71. The fourth-order valence-corrected chi connectivity index (χ4v) is 4.25. The third-order valence-electron chi connectivity index (χ3n) is 5.50. The van der Waals surface area contributed by atoms with Crippen molar-refractivity contribution >= 4 is 6.29 Å². The summed E-state index contributed by atoms with van der Waals surface area (Å²) >= 11 is 0. The smallest absolute Gasteiger partial charge is 0.165 e. The largest absolute Gasteiger partial charge is 0.367 e. The summed E-state index contributed by atoms with van der Waals surface area (Å²) in [6, 6.07) is 8.82. The molecule has 1 N–H and O–H groups in total. The van der Waals surface area contributed by atoms with Gasteiger partial charge in [0.15, 0.2) is 6.29 Å². The van der Waals surface area contributed by atoms with Crippen molar-refractivity contribution in [3.63, 3.8) is 0 Å². The Balaban J connectivity index is 1.77. The van der Waals surface area contributed by atoms with Gasteiger partial charge in [-0.25, -0.2) is 4.68 Å². The molecule has 0 saturated heterocycles. The lowest BCUT2D eigenvalue weighted by Crippen LogP contribution is -2.38. The van der Waals surface area contributed by atoms with Gasteiger partial charge in [0.25, 0.3) is 0 Å². The van der Waals surface area contributed by atoms with Gasteiger partial charge < -0.3 is 10.2 Å². The molecule has 1 aromatic carbocycles. The first kappa shape index (κ1) is 17.0. The number of carbonyl (C=O) groups excluding carboxylic acids is 1. The molecule has 1 atom stereocenters. The van der Waals surface area contributed by atoms with Gasteiger partial charge in [0.1, 0.15) is 0 Å². The van der Waals surface area contributed by atoms with E-state index in [-0.39, 0.29) is 6.04 Å². The van der Waals surface area contributed by atoms with E-state index >= 15 is 0 Å². The van der Waals surface area contributed by atoms with E-state index in [1.807, 2.05) is 0 Å². The maximum Gasteiger partial charge on any atom is 0.165 e. The molecular formula is C21H26N4O. The molecule has 5 heteroatoms. The van der Waals surface area contributed by atoms with Crippen LogP contribution in [0.5, 0.6) is 0 Å². The Morgan fingerprint density at radius 3 is 3.04 bits per heavy atom. The minimum absolute atomic E-state index is 0.208. The molecule has 0 bridgehead atoms. The minimum atomic E-state index is 0.208. The molecule has 1 aromatic heterocycles. The van der Waals surface area contributed by atoms with Crippen molar-refractivity contribution in [2.45, 2.75) is 38.6 Å². The van der Waals surface area contributed by atoms with Crippen molar-refractivity contribution in [2.24, 2.45) is 0 Å². The molecule has 0 aliphatic carbocycles. The zero-order valence-corrected chi connectivity index (χ0v) is 15.4. The number of nitrogens with zero attached hydrogens (tertiary/aromatic N) is 3. The lowest BCUT2D eigenvalue weighted by Gasteiger charge is -2.30. The predicted octanol–water partition coefficient (Wildman–Crippen LogP) is 2.58. The molecule has 0 amide bonds. The Kier molecular flexibility index (Phi) is 4.64. The molecule has 2 aliphatic heterocycles. The van der Waals surface area contributed by atoms with Crippen LogP contribution in [0, 0.1) is 0 Å². The van der Waals surface area contributed by atoms with Crippen LogP contribution in [0.2, 0.25) is 0 Å². The topological polar surface area (TPSA) is 50.2 Å². The fraction of sp³-hybridized carbons (Fsp3) is 0.429. The number of rotatable bonds is 5. The molecule has 1 unspecified atom stereocenters. The summed E-state index contributed by atoms with van der Waals surface area (Å²) in [6.07, 6.45) is 4.87. The van der Waals surface area contributed by atoms with Crippen LogP contribution in [0.15, 0.2) is 36.5 Å². The standard InChI is InChI=1S/C21H26N4O/c1-3-6-16-7-4-5-8-19(16)25-20-9-11-22-18-13-24(15(2)14-26)12-10-17(23-25)21(18)20/h4-5,7-8,14,18,22H,2-3,6,9-13H2,1H3. The molecule has 0 radical (unpaired) electrons. The van der Waals surface area contributed by atoms with Crippen LogP contribution < -0.4 is 5.32 Å². The molecule has 26 heavy (non-hydrogen) atoms. The fourth-order valence-electron chi connectivity index (χ4n) is 4.25. The van der Waals surface area contributed by atoms with Crippen molar-refractivity contribution < 1.29 is 4.79 Å². The molecule has 2 aromatic rings. The summed E-state index contributed by atoms with van der Waals surface area (Å²) in [5, 5.41) is 8.66. The SMILES string of the molecule is C=C(C=O)N1CCc2nn(-c3ccccc3CCC)c3c2C(C1)NCC3. The normalized spacial score (nSPS) is 19.0. The number of allylic oxidation sites excluding steroid dienone is 1. The van der Waals surface area contributed by atoms with Crippen molar-refractivity contribution in [2.75, 3.05) is 19.6 Å². The number of hydrogen-bond donors (Lipinski definition) is 1. The maximum absolute atomic E-state index is 11.2. The number of aromatic nitrogens is 2. The number of aryl methyl sites for hydroxylation is 1. The van der Waals surface area contributed by atoms with Gasteiger partial charge in [-0.15, -0.1) is 0 Å². The lowest BCUT2D eigenvalue weighted by atomic mass is 9.97. The van der Waals surface area contributed by atoms with Crippen molar-refractivity contribution in [1.29, 1.82) is 0 Å². The van der Waals surface area contributed by atoms with Crippen LogP contribution in [0.3, 0.4) is 0 Å². The Hall–Kier alpha value is -2.40. The number of aldehydes is 1. The molecule has 0 fully saturated rings. The molecule has 0 spiro atoms. The van der Waals surface area contributed by atoms with E-state index in [0.29, 0.717) is 5.70 Å². The first-order valence-corrected chi connectivity index (χ1v) is 9.54. The Morgan fingerprint density at radius 2 is 2.23 bits per heavy atom. The van der Waals surface area contributed by atoms with Gasteiger partial charge in [-0.1, -0.05) is 38.1 Å². The molecule has 3 heterocycles. The van der Waals surface area contributed by atoms with Crippen LogP contribution in [-0.2, 0) is 24.1 Å². The summed E-state index contributed by atoms with van der Waals surface area (Å²) in [6.45, 7) is 8.61. The highest BCUT2D eigenvalue weighted by Crippen LogP contribution is 2.33. The highest BCUT2D eigenvalue weighted by Gasteiger charge is 2.33. The average molecular weight is 350 g/mol. The first-order valence-electron chi connectivity index (χ1n) is 9.54.